The van der Waals surface area contributed by atoms with Crippen molar-refractivity contribution in [2.24, 2.45) is 0 Å². The molecule has 1 saturated carbocycles. The molecule has 144 valence electrons. The van der Waals surface area contributed by atoms with Gasteiger partial charge in [0, 0.05) is 12.0 Å². The third kappa shape index (κ3) is 3.76. The Morgan fingerprint density at radius 2 is 1.89 bits per heavy atom. The molecule has 1 aliphatic rings. The molecule has 28 heavy (non-hydrogen) atoms. The van der Waals surface area contributed by atoms with E-state index >= 15 is 0 Å². The summed E-state index contributed by atoms with van der Waals surface area (Å²) >= 11 is 0. The van der Waals surface area contributed by atoms with E-state index in [0.717, 1.165) is 24.1 Å². The highest BCUT2D eigenvalue weighted by Crippen LogP contribution is 2.43. The minimum Gasteiger partial charge on any atom is -0.337 e. The van der Waals surface area contributed by atoms with Gasteiger partial charge >= 0.3 is 6.03 Å². The van der Waals surface area contributed by atoms with Gasteiger partial charge in [0.25, 0.3) is 0 Å². The normalized spacial score (nSPS) is 16.0. The molecule has 1 fully saturated rings. The van der Waals surface area contributed by atoms with Crippen LogP contribution in [0.15, 0.2) is 67.3 Å². The van der Waals surface area contributed by atoms with Crippen LogP contribution < -0.4 is 10.6 Å². The Hall–Kier alpha value is -3.15. The van der Waals surface area contributed by atoms with Crippen LogP contribution in [0.2, 0.25) is 0 Å². The van der Waals surface area contributed by atoms with Crippen molar-refractivity contribution < 1.29 is 4.79 Å². The van der Waals surface area contributed by atoms with E-state index in [9.17, 15) is 4.79 Å². The van der Waals surface area contributed by atoms with Crippen LogP contribution in [0.3, 0.4) is 0 Å². The maximum atomic E-state index is 12.5. The fourth-order valence-corrected chi connectivity index (χ4v) is 3.80. The highest BCUT2D eigenvalue weighted by atomic mass is 16.2. The van der Waals surface area contributed by atoms with E-state index in [1.165, 1.54) is 18.3 Å². The average molecular weight is 375 g/mol. The van der Waals surface area contributed by atoms with Crippen molar-refractivity contribution in [2.45, 2.75) is 37.6 Å². The summed E-state index contributed by atoms with van der Waals surface area (Å²) in [7, 11) is 0. The van der Waals surface area contributed by atoms with Gasteiger partial charge < -0.3 is 10.6 Å². The van der Waals surface area contributed by atoms with Gasteiger partial charge in [-0.05, 0) is 43.0 Å². The van der Waals surface area contributed by atoms with Crippen LogP contribution in [-0.2, 0) is 5.41 Å². The lowest BCUT2D eigenvalue weighted by atomic mass is 9.64. The number of amides is 2. The Balaban J connectivity index is 1.33. The summed E-state index contributed by atoms with van der Waals surface area (Å²) in [5.74, 6) is 0. The second-order valence-corrected chi connectivity index (χ2v) is 7.48. The highest BCUT2D eigenvalue weighted by Gasteiger charge is 2.38. The summed E-state index contributed by atoms with van der Waals surface area (Å²) in [6.45, 7) is 2.65. The zero-order chi connectivity index (χ0) is 19.4. The summed E-state index contributed by atoms with van der Waals surface area (Å²) in [6, 6.07) is 18.2. The number of carbonyl (C=O) groups excluding carboxylic acids is 1. The minimum atomic E-state index is -0.130. The van der Waals surface area contributed by atoms with Gasteiger partial charge in [-0.2, -0.15) is 5.10 Å². The van der Waals surface area contributed by atoms with E-state index in [1.54, 1.807) is 11.0 Å². The second kappa shape index (κ2) is 7.84. The van der Waals surface area contributed by atoms with E-state index in [4.69, 9.17) is 0 Å². The largest absolute Gasteiger partial charge is 0.337 e. The Labute approximate surface area is 165 Å². The number of hydrogen-bond acceptors (Lipinski definition) is 3. The molecule has 1 heterocycles. The van der Waals surface area contributed by atoms with Crippen molar-refractivity contribution in [1.82, 2.24) is 25.4 Å². The first-order chi connectivity index (χ1) is 13.7. The number of nitrogens with one attached hydrogen (secondary N) is 2. The molecule has 6 heteroatoms. The summed E-state index contributed by atoms with van der Waals surface area (Å²) in [5, 5.41) is 10.2. The van der Waals surface area contributed by atoms with E-state index in [0.29, 0.717) is 6.54 Å². The Morgan fingerprint density at radius 3 is 2.50 bits per heavy atom. The average Bonchev–Trinajstić information content (AvgIpc) is 3.23. The van der Waals surface area contributed by atoms with Gasteiger partial charge in [-0.1, -0.05) is 48.9 Å². The van der Waals surface area contributed by atoms with E-state index in [1.807, 2.05) is 37.3 Å². The van der Waals surface area contributed by atoms with Gasteiger partial charge in [0.1, 0.15) is 12.7 Å². The number of carbonyl (C=O) groups is 1. The van der Waals surface area contributed by atoms with Crippen LogP contribution in [0.5, 0.6) is 0 Å². The van der Waals surface area contributed by atoms with Crippen LogP contribution in [-0.4, -0.2) is 27.3 Å². The molecule has 0 bridgehead atoms. The first-order valence-corrected chi connectivity index (χ1v) is 9.71. The quantitative estimate of drug-likeness (QED) is 0.689. The van der Waals surface area contributed by atoms with Crippen LogP contribution in [0.1, 0.15) is 43.4 Å². The third-order valence-electron chi connectivity index (χ3n) is 5.71. The van der Waals surface area contributed by atoms with Crippen molar-refractivity contribution >= 4 is 6.03 Å². The Morgan fingerprint density at radius 1 is 1.14 bits per heavy atom. The van der Waals surface area contributed by atoms with Gasteiger partial charge in [-0.25, -0.2) is 14.5 Å². The van der Waals surface area contributed by atoms with Crippen molar-refractivity contribution in [1.29, 1.82) is 0 Å². The predicted molar refractivity (Wildman–Crippen MR) is 108 cm³/mol. The van der Waals surface area contributed by atoms with Gasteiger partial charge in [0.15, 0.2) is 0 Å². The Kier molecular flexibility index (Phi) is 5.10. The highest BCUT2D eigenvalue weighted by molar-refractivity contribution is 5.74. The monoisotopic (exact) mass is 375 g/mol. The first-order valence-electron chi connectivity index (χ1n) is 9.71. The fourth-order valence-electron chi connectivity index (χ4n) is 3.80. The summed E-state index contributed by atoms with van der Waals surface area (Å²) in [4.78, 5) is 16.4. The van der Waals surface area contributed by atoms with Crippen molar-refractivity contribution in [3.8, 4) is 5.69 Å². The minimum absolute atomic E-state index is 0.0844. The number of urea groups is 1. The smallest absolute Gasteiger partial charge is 0.315 e. The number of benzene rings is 2. The van der Waals surface area contributed by atoms with Gasteiger partial charge in [-0.15, -0.1) is 0 Å². The van der Waals surface area contributed by atoms with Crippen molar-refractivity contribution in [3.05, 3.63) is 78.4 Å². The molecule has 4 rings (SSSR count). The van der Waals surface area contributed by atoms with Crippen LogP contribution in [0.4, 0.5) is 4.79 Å². The summed E-state index contributed by atoms with van der Waals surface area (Å²) in [6.07, 6.45) is 6.62. The predicted octanol–water partition coefficient (Wildman–Crippen LogP) is 3.75. The second-order valence-electron chi connectivity index (χ2n) is 7.48. The molecule has 1 unspecified atom stereocenters. The fraction of sp³-hybridized carbons (Fsp3) is 0.318. The lowest BCUT2D eigenvalue weighted by Gasteiger charge is -2.42. The van der Waals surface area contributed by atoms with Crippen LogP contribution in [0, 0.1) is 0 Å². The molecular formula is C22H25N5O. The number of rotatable bonds is 6. The number of nitrogens with zero attached hydrogens (tertiary/aromatic N) is 3. The first kappa shape index (κ1) is 18.2. The SMILES string of the molecule is CC(NC(=O)NCC1(c2ccccc2)CCC1)c1ccc(-n2cncn2)cc1. The van der Waals surface area contributed by atoms with E-state index in [-0.39, 0.29) is 17.5 Å². The van der Waals surface area contributed by atoms with Crippen LogP contribution >= 0.6 is 0 Å². The summed E-state index contributed by atoms with van der Waals surface area (Å²) < 4.78 is 1.70. The molecule has 1 aromatic heterocycles. The van der Waals surface area contributed by atoms with Gasteiger partial charge in [0.2, 0.25) is 0 Å². The molecule has 3 aromatic rings. The van der Waals surface area contributed by atoms with Crippen molar-refractivity contribution in [3.63, 3.8) is 0 Å². The molecule has 6 nitrogen and oxygen atoms in total. The molecule has 0 spiro atoms. The zero-order valence-corrected chi connectivity index (χ0v) is 16.0. The molecule has 1 aliphatic carbocycles. The lowest BCUT2D eigenvalue weighted by Crippen LogP contribution is -2.48. The van der Waals surface area contributed by atoms with E-state index < -0.39 is 0 Å². The molecule has 2 amide bonds. The topological polar surface area (TPSA) is 71.8 Å². The Bertz CT molecular complexity index is 902. The van der Waals surface area contributed by atoms with Gasteiger partial charge in [0.05, 0.1) is 11.7 Å². The third-order valence-corrected chi connectivity index (χ3v) is 5.71. The molecule has 2 aromatic carbocycles. The zero-order valence-electron chi connectivity index (χ0n) is 16.0. The molecule has 1 atom stereocenters. The number of hydrogen-bond donors (Lipinski definition) is 2. The molecule has 0 aliphatic heterocycles. The molecule has 0 saturated heterocycles. The molecule has 0 radical (unpaired) electrons. The molecule has 2 N–H and O–H groups in total. The molecular weight excluding hydrogens is 350 g/mol. The maximum Gasteiger partial charge on any atom is 0.315 e. The van der Waals surface area contributed by atoms with Crippen molar-refractivity contribution in [2.75, 3.05) is 6.54 Å². The number of aromatic nitrogens is 3. The van der Waals surface area contributed by atoms with E-state index in [2.05, 4.69) is 45.0 Å². The maximum absolute atomic E-state index is 12.5. The summed E-state index contributed by atoms with van der Waals surface area (Å²) in [5.41, 5.74) is 3.38. The van der Waals surface area contributed by atoms with Crippen LogP contribution in [0.25, 0.3) is 5.69 Å². The standard InChI is InChI=1S/C22H25N5O/c1-17(18-8-10-20(11-9-18)27-16-23-15-25-27)26-21(28)24-14-22(12-5-13-22)19-6-3-2-4-7-19/h2-4,6-11,15-17H,5,12-14H2,1H3,(H2,24,26,28). The lowest BCUT2D eigenvalue weighted by molar-refractivity contribution is 0.213. The van der Waals surface area contributed by atoms with Gasteiger partial charge in [-0.3, -0.25) is 0 Å².